The number of likely N-dealkylation sites (N-methyl/N-ethyl adjacent to an activating group) is 1. The summed E-state index contributed by atoms with van der Waals surface area (Å²) in [6.07, 6.45) is 1.92. The van der Waals surface area contributed by atoms with Crippen LogP contribution in [-0.4, -0.2) is 46.5 Å². The van der Waals surface area contributed by atoms with Crippen molar-refractivity contribution >= 4 is 41.3 Å². The van der Waals surface area contributed by atoms with Gasteiger partial charge in [0.25, 0.3) is 0 Å². The lowest BCUT2D eigenvalue weighted by Crippen LogP contribution is -2.44. The number of carbonyl (C=O) groups is 2. The number of nitrogens with two attached hydrogens (primary N) is 1. The topological polar surface area (TPSA) is 99.7 Å². The number of aromatic nitrogens is 2. The molecule has 0 radical (unpaired) electrons. The molecule has 0 aliphatic carbocycles. The van der Waals surface area contributed by atoms with E-state index in [0.29, 0.717) is 24.5 Å². The van der Waals surface area contributed by atoms with Gasteiger partial charge in [-0.3, -0.25) is 4.79 Å². The van der Waals surface area contributed by atoms with Gasteiger partial charge in [-0.15, -0.1) is 12.4 Å². The third-order valence-electron chi connectivity index (χ3n) is 6.80. The number of amides is 1. The van der Waals surface area contributed by atoms with Crippen LogP contribution >= 0.6 is 12.4 Å². The van der Waals surface area contributed by atoms with Crippen molar-refractivity contribution < 1.29 is 19.1 Å². The van der Waals surface area contributed by atoms with E-state index in [0.717, 1.165) is 28.8 Å². The molecule has 1 aromatic heterocycles. The van der Waals surface area contributed by atoms with Gasteiger partial charge in [0.15, 0.2) is 0 Å². The molecule has 0 saturated carbocycles. The van der Waals surface area contributed by atoms with E-state index in [9.17, 15) is 9.59 Å². The SMILES string of the molecule is CC[C@H](CCC(=O)N(C)[C@@H](Cc1ccccc1)C(=O)OC)n1c(N)nc2ccc(Oc3ccccc3)cc21.Cl. The summed E-state index contributed by atoms with van der Waals surface area (Å²) < 4.78 is 13.0. The molecule has 0 aliphatic rings. The number of fused-ring (bicyclic) bond motifs is 1. The van der Waals surface area contributed by atoms with Gasteiger partial charge in [-0.25, -0.2) is 9.78 Å². The molecule has 2 N–H and O–H groups in total. The monoisotopic (exact) mass is 550 g/mol. The first-order valence-electron chi connectivity index (χ1n) is 12.8. The molecule has 0 saturated heterocycles. The summed E-state index contributed by atoms with van der Waals surface area (Å²) in [6.45, 7) is 2.06. The van der Waals surface area contributed by atoms with Gasteiger partial charge in [0.1, 0.15) is 17.5 Å². The van der Waals surface area contributed by atoms with Crippen molar-refractivity contribution in [2.24, 2.45) is 0 Å². The first-order valence-corrected chi connectivity index (χ1v) is 12.8. The zero-order valence-corrected chi connectivity index (χ0v) is 23.3. The van der Waals surface area contributed by atoms with Crippen LogP contribution in [0.3, 0.4) is 0 Å². The molecule has 0 unspecified atom stereocenters. The van der Waals surface area contributed by atoms with Crippen molar-refractivity contribution in [2.75, 3.05) is 19.9 Å². The standard InChI is InChI=1S/C30H34N4O4.ClH/c1-4-22(15-18-28(35)33(2)27(29(36)37-3)19-21-11-7-5-8-12-21)34-26-20-24(16-17-25(26)32-30(34)31)38-23-13-9-6-10-14-23;/h5-14,16-17,20,22,27H,4,15,18-19H2,1-3H3,(H2,31,32);1H/t22-,27+;/m1./s1. The quantitative estimate of drug-likeness (QED) is 0.237. The minimum atomic E-state index is -0.702. The fourth-order valence-corrected chi connectivity index (χ4v) is 4.67. The van der Waals surface area contributed by atoms with Crippen molar-refractivity contribution in [2.45, 2.75) is 44.7 Å². The molecule has 39 heavy (non-hydrogen) atoms. The number of hydrogen-bond acceptors (Lipinski definition) is 6. The normalized spacial score (nSPS) is 12.3. The van der Waals surface area contributed by atoms with Crippen LogP contribution in [0.15, 0.2) is 78.9 Å². The van der Waals surface area contributed by atoms with Crippen LogP contribution in [0.1, 0.15) is 37.8 Å². The van der Waals surface area contributed by atoms with Crippen LogP contribution in [0.2, 0.25) is 0 Å². The molecule has 0 fully saturated rings. The molecule has 3 aromatic carbocycles. The summed E-state index contributed by atoms with van der Waals surface area (Å²) in [5.74, 6) is 1.24. The van der Waals surface area contributed by atoms with E-state index in [-0.39, 0.29) is 30.8 Å². The third kappa shape index (κ3) is 7.09. The van der Waals surface area contributed by atoms with Crippen LogP contribution in [0, 0.1) is 0 Å². The van der Waals surface area contributed by atoms with Gasteiger partial charge in [-0.1, -0.05) is 55.5 Å². The maximum absolute atomic E-state index is 13.2. The number of hydrogen-bond donors (Lipinski definition) is 1. The summed E-state index contributed by atoms with van der Waals surface area (Å²) in [5, 5.41) is 0. The number of methoxy groups -OCH3 is 1. The van der Waals surface area contributed by atoms with E-state index in [2.05, 4.69) is 11.9 Å². The molecule has 0 bridgehead atoms. The Hall–Kier alpha value is -4.04. The molecular formula is C30H35ClN4O4. The van der Waals surface area contributed by atoms with Crippen molar-refractivity contribution in [3.05, 3.63) is 84.4 Å². The molecule has 1 amide bonds. The predicted molar refractivity (Wildman–Crippen MR) is 155 cm³/mol. The number of esters is 1. The number of anilines is 1. The fourth-order valence-electron chi connectivity index (χ4n) is 4.67. The molecule has 9 heteroatoms. The lowest BCUT2D eigenvalue weighted by Gasteiger charge is -2.27. The van der Waals surface area contributed by atoms with Gasteiger partial charge in [-0.2, -0.15) is 0 Å². The highest BCUT2D eigenvalue weighted by Gasteiger charge is 2.28. The zero-order chi connectivity index (χ0) is 27.1. The highest BCUT2D eigenvalue weighted by atomic mass is 35.5. The van der Waals surface area contributed by atoms with Crippen molar-refractivity contribution in [1.29, 1.82) is 0 Å². The second kappa shape index (κ2) is 13.7. The molecule has 4 rings (SSSR count). The van der Waals surface area contributed by atoms with Crippen LogP contribution in [-0.2, 0) is 20.7 Å². The lowest BCUT2D eigenvalue weighted by atomic mass is 10.0. The second-order valence-corrected chi connectivity index (χ2v) is 9.24. The zero-order valence-electron chi connectivity index (χ0n) is 22.4. The molecule has 8 nitrogen and oxygen atoms in total. The fraction of sp³-hybridized carbons (Fsp3) is 0.300. The second-order valence-electron chi connectivity index (χ2n) is 9.24. The average molecular weight is 551 g/mol. The first-order chi connectivity index (χ1) is 18.4. The van der Waals surface area contributed by atoms with Crippen LogP contribution in [0.4, 0.5) is 5.95 Å². The summed E-state index contributed by atoms with van der Waals surface area (Å²) in [6, 6.07) is 24.1. The minimum Gasteiger partial charge on any atom is -0.467 e. The average Bonchev–Trinajstić information content (AvgIpc) is 3.27. The summed E-state index contributed by atoms with van der Waals surface area (Å²) in [5.41, 5.74) is 8.91. The Morgan fingerprint density at radius 1 is 1.00 bits per heavy atom. The smallest absolute Gasteiger partial charge is 0.328 e. The Balaban J connectivity index is 0.00000420. The Kier molecular flexibility index (Phi) is 10.3. The first kappa shape index (κ1) is 29.5. The number of rotatable bonds is 11. The molecular weight excluding hydrogens is 516 g/mol. The number of para-hydroxylation sites is 1. The molecule has 0 spiro atoms. The van der Waals surface area contributed by atoms with Crippen LogP contribution in [0.25, 0.3) is 11.0 Å². The molecule has 206 valence electrons. The Morgan fingerprint density at radius 3 is 2.31 bits per heavy atom. The predicted octanol–water partition coefficient (Wildman–Crippen LogP) is 5.81. The van der Waals surface area contributed by atoms with Crippen molar-refractivity contribution in [3.63, 3.8) is 0 Å². The van der Waals surface area contributed by atoms with Gasteiger partial charge in [0, 0.05) is 32.0 Å². The van der Waals surface area contributed by atoms with E-state index in [1.54, 1.807) is 7.05 Å². The van der Waals surface area contributed by atoms with Gasteiger partial charge in [0.2, 0.25) is 11.9 Å². The summed E-state index contributed by atoms with van der Waals surface area (Å²) in [4.78, 5) is 31.8. The van der Waals surface area contributed by atoms with Crippen LogP contribution < -0.4 is 10.5 Å². The van der Waals surface area contributed by atoms with Crippen molar-refractivity contribution in [1.82, 2.24) is 14.5 Å². The van der Waals surface area contributed by atoms with Gasteiger partial charge < -0.3 is 24.7 Å². The van der Waals surface area contributed by atoms with E-state index in [4.69, 9.17) is 15.2 Å². The van der Waals surface area contributed by atoms with E-state index in [1.807, 2.05) is 83.4 Å². The van der Waals surface area contributed by atoms with Gasteiger partial charge >= 0.3 is 5.97 Å². The van der Waals surface area contributed by atoms with Crippen molar-refractivity contribution in [3.8, 4) is 11.5 Å². The number of carbonyl (C=O) groups excluding carboxylic acids is 2. The van der Waals surface area contributed by atoms with Crippen LogP contribution in [0.5, 0.6) is 11.5 Å². The van der Waals surface area contributed by atoms with Gasteiger partial charge in [-0.05, 0) is 42.7 Å². The molecule has 1 heterocycles. The van der Waals surface area contributed by atoms with Gasteiger partial charge in [0.05, 0.1) is 18.1 Å². The number of halogens is 1. The Bertz CT molecular complexity index is 1380. The number of imidazole rings is 1. The number of nitrogens with zero attached hydrogens (tertiary/aromatic N) is 3. The van der Waals surface area contributed by atoms with E-state index in [1.165, 1.54) is 12.0 Å². The lowest BCUT2D eigenvalue weighted by molar-refractivity contribution is -0.151. The highest BCUT2D eigenvalue weighted by Crippen LogP contribution is 2.32. The largest absolute Gasteiger partial charge is 0.467 e. The van der Waals surface area contributed by atoms with E-state index < -0.39 is 12.0 Å². The minimum absolute atomic E-state index is 0. The number of nitrogen functional groups attached to an aromatic ring is 1. The summed E-state index contributed by atoms with van der Waals surface area (Å²) >= 11 is 0. The third-order valence-corrected chi connectivity index (χ3v) is 6.80. The maximum atomic E-state index is 13.2. The number of benzene rings is 3. The Morgan fingerprint density at radius 2 is 1.67 bits per heavy atom. The molecule has 2 atom stereocenters. The molecule has 0 aliphatic heterocycles. The highest BCUT2D eigenvalue weighted by molar-refractivity contribution is 5.85. The molecule has 4 aromatic rings. The Labute approximate surface area is 235 Å². The summed E-state index contributed by atoms with van der Waals surface area (Å²) in [7, 11) is 3.00. The maximum Gasteiger partial charge on any atom is 0.328 e. The number of ether oxygens (including phenoxy) is 2. The van der Waals surface area contributed by atoms with E-state index >= 15 is 0 Å².